The SMILES string of the molecule is O=CC(c1ccc(Cl)cc1)C1(O)C(=O)Nc2c(Cl)ccc(Cl)c21. The standard InChI is InChI=1S/C16H10Cl3NO3/c17-9-3-1-8(2-4-9)10(7-21)16(23)13-11(18)5-6-12(19)14(13)20-15(16)22/h1-7,10,23H,(H,20,22). The number of hydrogen-bond acceptors (Lipinski definition) is 3. The van der Waals surface area contributed by atoms with Crippen LogP contribution in [0.1, 0.15) is 17.0 Å². The monoisotopic (exact) mass is 369 g/mol. The molecule has 23 heavy (non-hydrogen) atoms. The Hall–Kier alpha value is -1.59. The lowest BCUT2D eigenvalue weighted by Gasteiger charge is -2.28. The molecule has 0 radical (unpaired) electrons. The summed E-state index contributed by atoms with van der Waals surface area (Å²) < 4.78 is 0. The van der Waals surface area contributed by atoms with Crippen LogP contribution in [-0.4, -0.2) is 17.3 Å². The van der Waals surface area contributed by atoms with E-state index in [1.54, 1.807) is 24.3 Å². The Labute approximate surface area is 147 Å². The zero-order chi connectivity index (χ0) is 16.8. The van der Waals surface area contributed by atoms with E-state index in [9.17, 15) is 14.7 Å². The minimum Gasteiger partial charge on any atom is -0.374 e. The minimum absolute atomic E-state index is 0.101. The summed E-state index contributed by atoms with van der Waals surface area (Å²) in [5.41, 5.74) is -1.39. The fraction of sp³-hybridized carbons (Fsp3) is 0.125. The molecule has 2 N–H and O–H groups in total. The summed E-state index contributed by atoms with van der Waals surface area (Å²) in [5.74, 6) is -1.91. The first-order chi connectivity index (χ1) is 10.9. The van der Waals surface area contributed by atoms with Crippen LogP contribution >= 0.6 is 34.8 Å². The second-order valence-corrected chi connectivity index (χ2v) is 6.42. The largest absolute Gasteiger partial charge is 0.374 e. The van der Waals surface area contributed by atoms with E-state index in [0.717, 1.165) is 0 Å². The molecule has 4 nitrogen and oxygen atoms in total. The predicted molar refractivity (Wildman–Crippen MR) is 89.2 cm³/mol. The van der Waals surface area contributed by atoms with Crippen molar-refractivity contribution in [2.45, 2.75) is 11.5 Å². The molecule has 7 heteroatoms. The molecule has 0 spiro atoms. The smallest absolute Gasteiger partial charge is 0.262 e. The number of hydrogen-bond donors (Lipinski definition) is 2. The Bertz CT molecular complexity index is 807. The Kier molecular flexibility index (Phi) is 4.10. The first kappa shape index (κ1) is 16.3. The van der Waals surface area contributed by atoms with Crippen LogP contribution in [0.25, 0.3) is 0 Å². The van der Waals surface area contributed by atoms with Gasteiger partial charge in [-0.25, -0.2) is 0 Å². The summed E-state index contributed by atoms with van der Waals surface area (Å²) in [6.07, 6.45) is 0.509. The molecule has 1 amide bonds. The van der Waals surface area contributed by atoms with E-state index in [0.29, 0.717) is 16.9 Å². The molecule has 2 aromatic carbocycles. The molecule has 3 rings (SSSR count). The number of carbonyl (C=O) groups is 2. The lowest BCUT2D eigenvalue weighted by atomic mass is 9.79. The molecule has 1 aliphatic rings. The van der Waals surface area contributed by atoms with Gasteiger partial charge in [0.15, 0.2) is 5.60 Å². The number of anilines is 1. The summed E-state index contributed by atoms with van der Waals surface area (Å²) in [6.45, 7) is 0. The molecule has 118 valence electrons. The molecular weight excluding hydrogens is 361 g/mol. The summed E-state index contributed by atoms with van der Waals surface area (Å²) in [6, 6.07) is 9.27. The van der Waals surface area contributed by atoms with Crippen LogP contribution in [0, 0.1) is 0 Å². The fourth-order valence-electron chi connectivity index (χ4n) is 2.75. The van der Waals surface area contributed by atoms with Crippen LogP contribution in [0.5, 0.6) is 0 Å². The van der Waals surface area contributed by atoms with Gasteiger partial charge in [-0.2, -0.15) is 0 Å². The number of benzene rings is 2. The van der Waals surface area contributed by atoms with Crippen LogP contribution in [0.4, 0.5) is 5.69 Å². The van der Waals surface area contributed by atoms with Crippen LogP contribution < -0.4 is 5.32 Å². The summed E-state index contributed by atoms with van der Waals surface area (Å²) in [4.78, 5) is 24.1. The zero-order valence-corrected chi connectivity index (χ0v) is 13.8. The average molecular weight is 371 g/mol. The number of aliphatic hydroxyl groups is 1. The van der Waals surface area contributed by atoms with Crippen LogP contribution in [0.2, 0.25) is 15.1 Å². The van der Waals surface area contributed by atoms with Gasteiger partial charge in [0.2, 0.25) is 0 Å². The molecule has 1 heterocycles. The molecule has 0 saturated heterocycles. The normalized spacial score (nSPS) is 20.8. The summed E-state index contributed by atoms with van der Waals surface area (Å²) in [7, 11) is 0. The van der Waals surface area contributed by atoms with Crippen molar-refractivity contribution in [3.63, 3.8) is 0 Å². The third-order valence-corrected chi connectivity index (χ3v) is 4.77. The van der Waals surface area contributed by atoms with E-state index in [1.165, 1.54) is 12.1 Å². The Morgan fingerprint density at radius 1 is 1.04 bits per heavy atom. The Morgan fingerprint density at radius 3 is 2.26 bits per heavy atom. The van der Waals surface area contributed by atoms with Crippen LogP contribution in [0.15, 0.2) is 36.4 Å². The zero-order valence-electron chi connectivity index (χ0n) is 11.5. The third-order valence-electron chi connectivity index (χ3n) is 3.88. The average Bonchev–Trinajstić information content (AvgIpc) is 2.80. The number of nitrogens with one attached hydrogen (secondary N) is 1. The van der Waals surface area contributed by atoms with Crippen molar-refractivity contribution in [1.29, 1.82) is 0 Å². The van der Waals surface area contributed by atoms with Gasteiger partial charge < -0.3 is 15.2 Å². The Morgan fingerprint density at radius 2 is 1.65 bits per heavy atom. The van der Waals surface area contributed by atoms with Crippen LogP contribution in [-0.2, 0) is 15.2 Å². The van der Waals surface area contributed by atoms with Crippen molar-refractivity contribution in [3.05, 3.63) is 62.6 Å². The highest BCUT2D eigenvalue weighted by Crippen LogP contribution is 2.50. The van der Waals surface area contributed by atoms with Gasteiger partial charge in [-0.1, -0.05) is 46.9 Å². The molecule has 0 saturated carbocycles. The molecule has 0 aliphatic carbocycles. The van der Waals surface area contributed by atoms with E-state index < -0.39 is 17.4 Å². The lowest BCUT2D eigenvalue weighted by molar-refractivity contribution is -0.139. The molecule has 0 fully saturated rings. The van der Waals surface area contributed by atoms with Crippen LogP contribution in [0.3, 0.4) is 0 Å². The van der Waals surface area contributed by atoms with Crippen molar-refractivity contribution in [1.82, 2.24) is 0 Å². The quantitative estimate of drug-likeness (QED) is 0.808. The van der Waals surface area contributed by atoms with Gasteiger partial charge in [-0.15, -0.1) is 0 Å². The maximum Gasteiger partial charge on any atom is 0.262 e. The second-order valence-electron chi connectivity index (χ2n) is 5.17. The fourth-order valence-corrected chi connectivity index (χ4v) is 3.39. The maximum absolute atomic E-state index is 12.4. The summed E-state index contributed by atoms with van der Waals surface area (Å²) in [5, 5.41) is 14.4. The van der Waals surface area contributed by atoms with E-state index in [4.69, 9.17) is 34.8 Å². The van der Waals surface area contributed by atoms with Gasteiger partial charge in [-0.05, 0) is 29.8 Å². The molecule has 2 aromatic rings. The van der Waals surface area contributed by atoms with Gasteiger partial charge in [0.1, 0.15) is 6.29 Å². The predicted octanol–water partition coefficient (Wildman–Crippen LogP) is 3.77. The number of fused-ring (bicyclic) bond motifs is 1. The molecule has 2 unspecified atom stereocenters. The van der Waals surface area contributed by atoms with Crippen molar-refractivity contribution in [3.8, 4) is 0 Å². The van der Waals surface area contributed by atoms with Crippen molar-refractivity contribution >= 4 is 52.7 Å². The van der Waals surface area contributed by atoms with Gasteiger partial charge in [-0.3, -0.25) is 4.79 Å². The van der Waals surface area contributed by atoms with Crippen molar-refractivity contribution < 1.29 is 14.7 Å². The van der Waals surface area contributed by atoms with E-state index in [1.807, 2.05) is 0 Å². The number of rotatable bonds is 3. The number of carbonyl (C=O) groups excluding carboxylic acids is 2. The number of aldehydes is 1. The van der Waals surface area contributed by atoms with Crippen molar-refractivity contribution in [2.24, 2.45) is 0 Å². The van der Waals surface area contributed by atoms with E-state index >= 15 is 0 Å². The van der Waals surface area contributed by atoms with Gasteiger partial charge >= 0.3 is 0 Å². The van der Waals surface area contributed by atoms with E-state index in [-0.39, 0.29) is 21.3 Å². The van der Waals surface area contributed by atoms with E-state index in [2.05, 4.69) is 5.32 Å². The van der Waals surface area contributed by atoms with Gasteiger partial charge in [0.05, 0.1) is 16.6 Å². The molecule has 0 bridgehead atoms. The topological polar surface area (TPSA) is 66.4 Å². The number of amides is 1. The first-order valence-electron chi connectivity index (χ1n) is 6.62. The molecular formula is C16H10Cl3NO3. The summed E-state index contributed by atoms with van der Waals surface area (Å²) >= 11 is 18.1. The Balaban J connectivity index is 2.22. The highest BCUT2D eigenvalue weighted by molar-refractivity contribution is 6.38. The highest BCUT2D eigenvalue weighted by atomic mass is 35.5. The van der Waals surface area contributed by atoms with Crippen molar-refractivity contribution in [2.75, 3.05) is 5.32 Å². The molecule has 2 atom stereocenters. The maximum atomic E-state index is 12.4. The lowest BCUT2D eigenvalue weighted by Crippen LogP contribution is -2.41. The first-order valence-corrected chi connectivity index (χ1v) is 7.76. The highest BCUT2D eigenvalue weighted by Gasteiger charge is 2.53. The minimum atomic E-state index is -2.15. The van der Waals surface area contributed by atoms with Gasteiger partial charge in [0, 0.05) is 15.6 Å². The third kappa shape index (κ3) is 2.42. The molecule has 1 aliphatic heterocycles. The molecule has 0 aromatic heterocycles. The van der Waals surface area contributed by atoms with Gasteiger partial charge in [0.25, 0.3) is 5.91 Å². The number of halogens is 3. The second kappa shape index (κ2) is 5.80.